The van der Waals surface area contributed by atoms with Crippen molar-refractivity contribution in [1.82, 2.24) is 10.3 Å². The van der Waals surface area contributed by atoms with Crippen molar-refractivity contribution in [3.05, 3.63) is 62.9 Å². The maximum absolute atomic E-state index is 4.52. The summed E-state index contributed by atoms with van der Waals surface area (Å²) in [6.07, 6.45) is 1.85. The molecule has 2 aromatic heterocycles. The molecule has 3 aromatic rings. The highest BCUT2D eigenvalue weighted by atomic mass is 79.9. The number of thiophene rings is 1. The third kappa shape index (κ3) is 2.77. The molecule has 1 atom stereocenters. The summed E-state index contributed by atoms with van der Waals surface area (Å²) in [5.74, 6) is 0. The van der Waals surface area contributed by atoms with E-state index in [4.69, 9.17) is 0 Å². The lowest BCUT2D eigenvalue weighted by Gasteiger charge is -2.13. The molecule has 0 saturated carbocycles. The predicted octanol–water partition coefficient (Wildman–Crippen LogP) is 4.91. The fraction of sp³-hybridized carbons (Fsp3) is 0.188. The summed E-state index contributed by atoms with van der Waals surface area (Å²) >= 11 is 5.37. The molecule has 0 radical (unpaired) electrons. The summed E-state index contributed by atoms with van der Waals surface area (Å²) in [5, 5.41) is 6.85. The normalized spacial score (nSPS) is 12.7. The van der Waals surface area contributed by atoms with Gasteiger partial charge in [-0.15, -0.1) is 11.3 Å². The van der Waals surface area contributed by atoms with Crippen molar-refractivity contribution in [1.29, 1.82) is 0 Å². The highest BCUT2D eigenvalue weighted by molar-refractivity contribution is 9.10. The molecule has 0 fully saturated rings. The van der Waals surface area contributed by atoms with Crippen LogP contribution in [0.4, 0.5) is 0 Å². The van der Waals surface area contributed by atoms with E-state index in [0.29, 0.717) is 6.04 Å². The van der Waals surface area contributed by atoms with Crippen LogP contribution in [-0.4, -0.2) is 4.98 Å². The summed E-state index contributed by atoms with van der Waals surface area (Å²) in [7, 11) is 0. The van der Waals surface area contributed by atoms with Crippen molar-refractivity contribution in [2.24, 2.45) is 0 Å². The third-order valence-corrected chi connectivity index (χ3v) is 5.12. The average molecular weight is 347 g/mol. The summed E-state index contributed by atoms with van der Waals surface area (Å²) in [6.45, 7) is 3.01. The molecule has 0 aliphatic rings. The summed E-state index contributed by atoms with van der Waals surface area (Å²) in [6, 6.07) is 12.9. The number of hydrogen-bond donors (Lipinski definition) is 1. The van der Waals surface area contributed by atoms with Gasteiger partial charge >= 0.3 is 0 Å². The first kappa shape index (κ1) is 13.7. The van der Waals surface area contributed by atoms with Gasteiger partial charge in [-0.25, -0.2) is 0 Å². The highest BCUT2D eigenvalue weighted by Crippen LogP contribution is 2.26. The number of benzene rings is 1. The van der Waals surface area contributed by atoms with Gasteiger partial charge in [-0.05, 0) is 36.1 Å². The van der Waals surface area contributed by atoms with E-state index in [0.717, 1.165) is 21.9 Å². The molecule has 1 N–H and O–H groups in total. The molecule has 0 spiro atoms. The number of halogens is 1. The first-order chi connectivity index (χ1) is 9.75. The van der Waals surface area contributed by atoms with Gasteiger partial charge in [-0.1, -0.05) is 34.1 Å². The van der Waals surface area contributed by atoms with Gasteiger partial charge in [-0.3, -0.25) is 4.98 Å². The van der Waals surface area contributed by atoms with Gasteiger partial charge < -0.3 is 5.32 Å². The Morgan fingerprint density at radius 2 is 2.15 bits per heavy atom. The minimum atomic E-state index is 0.359. The van der Waals surface area contributed by atoms with E-state index in [2.05, 4.69) is 68.9 Å². The Hall–Kier alpha value is -1.23. The number of aromatic nitrogens is 1. The largest absolute Gasteiger partial charge is 0.305 e. The first-order valence-corrected chi connectivity index (χ1v) is 8.22. The van der Waals surface area contributed by atoms with Gasteiger partial charge in [0.25, 0.3) is 0 Å². The van der Waals surface area contributed by atoms with Crippen LogP contribution in [0.2, 0.25) is 0 Å². The summed E-state index contributed by atoms with van der Waals surface area (Å²) in [4.78, 5) is 5.88. The molecule has 0 aliphatic heterocycles. The van der Waals surface area contributed by atoms with E-state index in [9.17, 15) is 0 Å². The van der Waals surface area contributed by atoms with Crippen LogP contribution in [0.5, 0.6) is 0 Å². The van der Waals surface area contributed by atoms with Gasteiger partial charge in [-0.2, -0.15) is 0 Å². The summed E-state index contributed by atoms with van der Waals surface area (Å²) < 4.78 is 1.09. The summed E-state index contributed by atoms with van der Waals surface area (Å²) in [5.41, 5.74) is 2.29. The standard InChI is InChI=1S/C16H15BrN2S/c1-11(15-5-3-9-20-15)19-10-12-6-7-14(17)13-4-2-8-18-16(12)13/h2-9,11,19H,10H2,1H3. The first-order valence-electron chi connectivity index (χ1n) is 6.54. The van der Waals surface area contributed by atoms with Gasteiger partial charge in [0.05, 0.1) is 5.52 Å². The Labute approximate surface area is 131 Å². The fourth-order valence-corrected chi connectivity index (χ4v) is 3.45. The van der Waals surface area contributed by atoms with E-state index in [-0.39, 0.29) is 0 Å². The Balaban J connectivity index is 1.83. The van der Waals surface area contributed by atoms with Crippen LogP contribution in [0.1, 0.15) is 23.4 Å². The SMILES string of the molecule is CC(NCc1ccc(Br)c2cccnc12)c1cccs1. The number of fused-ring (bicyclic) bond motifs is 1. The number of nitrogens with zero attached hydrogens (tertiary/aromatic N) is 1. The molecular formula is C16H15BrN2S. The molecule has 102 valence electrons. The fourth-order valence-electron chi connectivity index (χ4n) is 2.24. The molecule has 0 amide bonds. The van der Waals surface area contributed by atoms with E-state index in [1.54, 1.807) is 11.3 Å². The second kappa shape index (κ2) is 6.04. The molecule has 0 saturated heterocycles. The number of hydrogen-bond acceptors (Lipinski definition) is 3. The molecule has 0 bridgehead atoms. The Morgan fingerprint density at radius 1 is 1.25 bits per heavy atom. The van der Waals surface area contributed by atoms with Crippen LogP contribution < -0.4 is 5.32 Å². The van der Waals surface area contributed by atoms with Crippen LogP contribution in [0.3, 0.4) is 0 Å². The molecule has 1 aromatic carbocycles. The Kier molecular flexibility index (Phi) is 4.15. The van der Waals surface area contributed by atoms with Crippen molar-refractivity contribution in [3.63, 3.8) is 0 Å². The maximum Gasteiger partial charge on any atom is 0.0758 e. The molecule has 20 heavy (non-hydrogen) atoms. The lowest BCUT2D eigenvalue weighted by molar-refractivity contribution is 0.584. The van der Waals surface area contributed by atoms with Crippen molar-refractivity contribution in [3.8, 4) is 0 Å². The number of nitrogens with one attached hydrogen (secondary N) is 1. The monoisotopic (exact) mass is 346 g/mol. The second-order valence-corrected chi connectivity index (χ2v) is 6.56. The molecule has 2 nitrogen and oxygen atoms in total. The zero-order valence-electron chi connectivity index (χ0n) is 11.1. The van der Waals surface area contributed by atoms with Gasteiger partial charge in [0.15, 0.2) is 0 Å². The minimum absolute atomic E-state index is 0.359. The Bertz CT molecular complexity index is 710. The number of pyridine rings is 1. The average Bonchev–Trinajstić information content (AvgIpc) is 3.01. The zero-order valence-corrected chi connectivity index (χ0v) is 13.5. The van der Waals surface area contributed by atoms with Crippen LogP contribution in [-0.2, 0) is 6.54 Å². The quantitative estimate of drug-likeness (QED) is 0.725. The molecular weight excluding hydrogens is 332 g/mol. The zero-order chi connectivity index (χ0) is 13.9. The topological polar surface area (TPSA) is 24.9 Å². The van der Waals surface area contributed by atoms with Gasteiger partial charge in [0, 0.05) is 33.5 Å². The smallest absolute Gasteiger partial charge is 0.0758 e. The molecule has 2 heterocycles. The minimum Gasteiger partial charge on any atom is -0.305 e. The van der Waals surface area contributed by atoms with E-state index in [1.165, 1.54) is 10.4 Å². The van der Waals surface area contributed by atoms with Gasteiger partial charge in [0.1, 0.15) is 0 Å². The second-order valence-electron chi connectivity index (χ2n) is 4.72. The van der Waals surface area contributed by atoms with Crippen LogP contribution in [0.15, 0.2) is 52.4 Å². The number of rotatable bonds is 4. The molecule has 3 rings (SSSR count). The van der Waals surface area contributed by atoms with Crippen LogP contribution >= 0.6 is 27.3 Å². The maximum atomic E-state index is 4.52. The van der Waals surface area contributed by atoms with Crippen LogP contribution in [0.25, 0.3) is 10.9 Å². The predicted molar refractivity (Wildman–Crippen MR) is 89.0 cm³/mol. The highest BCUT2D eigenvalue weighted by Gasteiger charge is 2.09. The van der Waals surface area contributed by atoms with Crippen molar-refractivity contribution in [2.75, 3.05) is 0 Å². The molecule has 4 heteroatoms. The van der Waals surface area contributed by atoms with Gasteiger partial charge in [0.2, 0.25) is 0 Å². The van der Waals surface area contributed by atoms with E-state index >= 15 is 0 Å². The molecule has 0 aliphatic carbocycles. The van der Waals surface area contributed by atoms with Crippen LogP contribution in [0, 0.1) is 0 Å². The van der Waals surface area contributed by atoms with Crippen molar-refractivity contribution < 1.29 is 0 Å². The van der Waals surface area contributed by atoms with Crippen molar-refractivity contribution in [2.45, 2.75) is 19.5 Å². The third-order valence-electron chi connectivity index (χ3n) is 3.37. The van der Waals surface area contributed by atoms with Crippen molar-refractivity contribution >= 4 is 38.2 Å². The lowest BCUT2D eigenvalue weighted by atomic mass is 10.1. The Morgan fingerprint density at radius 3 is 2.95 bits per heavy atom. The van der Waals surface area contributed by atoms with E-state index < -0.39 is 0 Å². The van der Waals surface area contributed by atoms with E-state index in [1.807, 2.05) is 12.3 Å². The lowest BCUT2D eigenvalue weighted by Crippen LogP contribution is -2.17. The molecule has 1 unspecified atom stereocenters.